The van der Waals surface area contributed by atoms with Crippen LogP contribution in [0.5, 0.6) is 11.5 Å². The van der Waals surface area contributed by atoms with E-state index in [1.165, 1.54) is 12.1 Å². The Hall–Kier alpha value is -2.75. The van der Waals surface area contributed by atoms with Gasteiger partial charge in [0.1, 0.15) is 28.2 Å². The Labute approximate surface area is 127 Å². The first-order valence-corrected chi connectivity index (χ1v) is 7.07. The third-order valence-electron chi connectivity index (χ3n) is 3.63. The molecule has 1 aromatic heterocycles. The van der Waals surface area contributed by atoms with Gasteiger partial charge in [-0.25, -0.2) is 0 Å². The molecule has 112 valence electrons. The minimum atomic E-state index is -0.334. The fraction of sp³-hybridized carbons (Fsp3) is 0.167. The Kier molecular flexibility index (Phi) is 3.37. The minimum Gasteiger partial charge on any atom is -0.507 e. The quantitative estimate of drug-likeness (QED) is 0.750. The van der Waals surface area contributed by atoms with Crippen molar-refractivity contribution in [2.75, 3.05) is 0 Å². The lowest BCUT2D eigenvalue weighted by atomic mass is 9.98. The van der Waals surface area contributed by atoms with Crippen molar-refractivity contribution >= 4 is 11.0 Å². The van der Waals surface area contributed by atoms with Crippen molar-refractivity contribution in [2.45, 2.75) is 19.8 Å². The molecule has 4 nitrogen and oxygen atoms in total. The van der Waals surface area contributed by atoms with Gasteiger partial charge in [-0.1, -0.05) is 44.2 Å². The van der Waals surface area contributed by atoms with Gasteiger partial charge >= 0.3 is 0 Å². The van der Waals surface area contributed by atoms with E-state index in [1.54, 1.807) is 0 Å². The Balaban J connectivity index is 2.42. The standard InChI is InChI=1S/C18H16O4/c1-10(2)16-12(19)8-13(20)17-14(21)9-15(22-18(16)17)11-6-4-3-5-7-11/h3-10,19-20H,1-2H3. The molecule has 0 radical (unpaired) electrons. The normalized spacial score (nSPS) is 11.2. The van der Waals surface area contributed by atoms with Gasteiger partial charge in [0.15, 0.2) is 5.43 Å². The van der Waals surface area contributed by atoms with Crippen LogP contribution in [0.25, 0.3) is 22.3 Å². The molecule has 3 rings (SSSR count). The summed E-state index contributed by atoms with van der Waals surface area (Å²) in [6.07, 6.45) is 0. The van der Waals surface area contributed by atoms with Crippen LogP contribution >= 0.6 is 0 Å². The minimum absolute atomic E-state index is 0.0581. The maximum atomic E-state index is 12.4. The van der Waals surface area contributed by atoms with Gasteiger partial charge < -0.3 is 14.6 Å². The summed E-state index contributed by atoms with van der Waals surface area (Å²) < 4.78 is 5.86. The molecule has 0 amide bonds. The average molecular weight is 296 g/mol. The molecule has 0 aliphatic rings. The van der Waals surface area contributed by atoms with Crippen LogP contribution < -0.4 is 5.43 Å². The van der Waals surface area contributed by atoms with Crippen molar-refractivity contribution < 1.29 is 14.6 Å². The number of phenols is 2. The van der Waals surface area contributed by atoms with Gasteiger partial charge in [-0.3, -0.25) is 4.79 Å². The molecule has 0 unspecified atom stereocenters. The van der Waals surface area contributed by atoms with Crippen LogP contribution in [0, 0.1) is 0 Å². The third kappa shape index (κ3) is 2.22. The number of fused-ring (bicyclic) bond motifs is 1. The van der Waals surface area contributed by atoms with E-state index < -0.39 is 0 Å². The van der Waals surface area contributed by atoms with Crippen molar-refractivity contribution in [1.29, 1.82) is 0 Å². The average Bonchev–Trinajstić information content (AvgIpc) is 2.46. The van der Waals surface area contributed by atoms with Gasteiger partial charge in [-0.2, -0.15) is 0 Å². The topological polar surface area (TPSA) is 70.7 Å². The lowest BCUT2D eigenvalue weighted by Crippen LogP contribution is -2.03. The Morgan fingerprint density at radius 1 is 1.00 bits per heavy atom. The summed E-state index contributed by atoms with van der Waals surface area (Å²) in [7, 11) is 0. The van der Waals surface area contributed by atoms with Crippen molar-refractivity contribution in [2.24, 2.45) is 0 Å². The zero-order valence-corrected chi connectivity index (χ0v) is 12.3. The fourth-order valence-electron chi connectivity index (χ4n) is 2.62. The van der Waals surface area contributed by atoms with Crippen molar-refractivity contribution in [3.8, 4) is 22.8 Å². The lowest BCUT2D eigenvalue weighted by molar-refractivity contribution is 0.444. The first-order valence-electron chi connectivity index (χ1n) is 7.07. The third-order valence-corrected chi connectivity index (χ3v) is 3.63. The fourth-order valence-corrected chi connectivity index (χ4v) is 2.62. The summed E-state index contributed by atoms with van der Waals surface area (Å²) in [5.41, 5.74) is 1.18. The van der Waals surface area contributed by atoms with Gasteiger partial charge in [0.05, 0.1) is 0 Å². The van der Waals surface area contributed by atoms with E-state index >= 15 is 0 Å². The van der Waals surface area contributed by atoms with Crippen molar-refractivity contribution in [3.63, 3.8) is 0 Å². The van der Waals surface area contributed by atoms with E-state index in [0.29, 0.717) is 11.3 Å². The van der Waals surface area contributed by atoms with Crippen LogP contribution in [0.1, 0.15) is 25.3 Å². The molecule has 22 heavy (non-hydrogen) atoms. The molecule has 3 aromatic rings. The Bertz CT molecular complexity index is 892. The van der Waals surface area contributed by atoms with Crippen LogP contribution in [-0.2, 0) is 0 Å². The van der Waals surface area contributed by atoms with Crippen molar-refractivity contribution in [1.82, 2.24) is 0 Å². The van der Waals surface area contributed by atoms with Crippen LogP contribution in [0.2, 0.25) is 0 Å². The number of benzene rings is 2. The Morgan fingerprint density at radius 2 is 1.68 bits per heavy atom. The highest BCUT2D eigenvalue weighted by Crippen LogP contribution is 2.38. The van der Waals surface area contributed by atoms with Gasteiger partial charge in [-0.05, 0) is 5.92 Å². The number of phenolic OH excluding ortho intramolecular Hbond substituents is 2. The van der Waals surface area contributed by atoms with E-state index in [1.807, 2.05) is 44.2 Å². The van der Waals surface area contributed by atoms with Gasteiger partial charge in [0.25, 0.3) is 0 Å². The molecular formula is C18H16O4. The molecule has 4 heteroatoms. The molecule has 1 heterocycles. The summed E-state index contributed by atoms with van der Waals surface area (Å²) in [6, 6.07) is 11.8. The van der Waals surface area contributed by atoms with Gasteiger partial charge in [0.2, 0.25) is 0 Å². The molecule has 0 saturated heterocycles. The molecule has 0 saturated carbocycles. The maximum absolute atomic E-state index is 12.4. The molecular weight excluding hydrogens is 280 g/mol. The highest BCUT2D eigenvalue weighted by atomic mass is 16.3. The van der Waals surface area contributed by atoms with Crippen LogP contribution in [0.15, 0.2) is 51.7 Å². The molecule has 0 spiro atoms. The maximum Gasteiger partial charge on any atom is 0.197 e. The summed E-state index contributed by atoms with van der Waals surface area (Å²) in [5, 5.41) is 20.2. The number of hydrogen-bond acceptors (Lipinski definition) is 4. The van der Waals surface area contributed by atoms with E-state index in [-0.39, 0.29) is 33.8 Å². The highest BCUT2D eigenvalue weighted by molar-refractivity contribution is 5.89. The first kappa shape index (κ1) is 14.2. The summed E-state index contributed by atoms with van der Waals surface area (Å²) in [6.45, 7) is 3.78. The Morgan fingerprint density at radius 3 is 2.32 bits per heavy atom. The lowest BCUT2D eigenvalue weighted by Gasteiger charge is -2.13. The van der Waals surface area contributed by atoms with Crippen LogP contribution in [-0.4, -0.2) is 10.2 Å². The molecule has 0 fully saturated rings. The molecule has 0 aliphatic carbocycles. The molecule has 2 aromatic carbocycles. The predicted molar refractivity (Wildman–Crippen MR) is 85.3 cm³/mol. The highest BCUT2D eigenvalue weighted by Gasteiger charge is 2.19. The van der Waals surface area contributed by atoms with E-state index in [2.05, 4.69) is 0 Å². The SMILES string of the molecule is CC(C)c1c(O)cc(O)c2c(=O)cc(-c3ccccc3)oc12. The van der Waals surface area contributed by atoms with Gasteiger partial charge in [0, 0.05) is 23.3 Å². The van der Waals surface area contributed by atoms with Crippen LogP contribution in [0.4, 0.5) is 0 Å². The molecule has 0 atom stereocenters. The summed E-state index contributed by atoms with van der Waals surface area (Å²) >= 11 is 0. The summed E-state index contributed by atoms with van der Waals surface area (Å²) in [5.74, 6) is 0.000830. The zero-order chi connectivity index (χ0) is 15.9. The first-order chi connectivity index (χ1) is 10.5. The molecule has 2 N–H and O–H groups in total. The zero-order valence-electron chi connectivity index (χ0n) is 12.3. The second-order valence-corrected chi connectivity index (χ2v) is 5.53. The predicted octanol–water partition coefficient (Wildman–Crippen LogP) is 3.99. The summed E-state index contributed by atoms with van der Waals surface area (Å²) in [4.78, 5) is 12.4. The van der Waals surface area contributed by atoms with Crippen LogP contribution in [0.3, 0.4) is 0 Å². The number of aromatic hydroxyl groups is 2. The smallest absolute Gasteiger partial charge is 0.197 e. The molecule has 0 aliphatic heterocycles. The molecule has 0 bridgehead atoms. The van der Waals surface area contributed by atoms with Gasteiger partial charge in [-0.15, -0.1) is 0 Å². The van der Waals surface area contributed by atoms with E-state index in [9.17, 15) is 15.0 Å². The largest absolute Gasteiger partial charge is 0.507 e. The second kappa shape index (κ2) is 5.22. The van der Waals surface area contributed by atoms with E-state index in [4.69, 9.17) is 4.42 Å². The number of rotatable bonds is 2. The number of hydrogen-bond donors (Lipinski definition) is 2. The van der Waals surface area contributed by atoms with E-state index in [0.717, 1.165) is 5.56 Å². The second-order valence-electron chi connectivity index (χ2n) is 5.53. The monoisotopic (exact) mass is 296 g/mol. The van der Waals surface area contributed by atoms with Crippen molar-refractivity contribution in [3.05, 3.63) is 58.3 Å².